The molecule has 6 heteroatoms. The van der Waals surface area contributed by atoms with E-state index in [1.165, 1.54) is 19.3 Å². The van der Waals surface area contributed by atoms with E-state index in [1.807, 2.05) is 13.8 Å². The number of carbonyl (C=O) groups excluding carboxylic acids is 2. The summed E-state index contributed by atoms with van der Waals surface area (Å²) in [6.45, 7) is 8.57. The third-order valence-electron chi connectivity index (χ3n) is 6.54. The van der Waals surface area contributed by atoms with E-state index in [4.69, 9.17) is 0 Å². The Bertz CT molecular complexity index is 571. The number of ketones is 1. The molecule has 1 saturated carbocycles. The lowest BCUT2D eigenvalue weighted by Crippen LogP contribution is -2.53. The Labute approximate surface area is 169 Å². The Hall–Kier alpha value is -1.59. The first-order valence-corrected chi connectivity index (χ1v) is 11.1. The summed E-state index contributed by atoms with van der Waals surface area (Å²) in [5.74, 6) is 0.0317. The highest BCUT2D eigenvalue weighted by Gasteiger charge is 2.60. The van der Waals surface area contributed by atoms with Crippen molar-refractivity contribution >= 4 is 17.8 Å². The van der Waals surface area contributed by atoms with E-state index in [1.54, 1.807) is 4.90 Å². The zero-order valence-electron chi connectivity index (χ0n) is 18.0. The van der Waals surface area contributed by atoms with Gasteiger partial charge in [-0.1, -0.05) is 59.8 Å². The van der Waals surface area contributed by atoms with Crippen molar-refractivity contribution in [3.05, 3.63) is 0 Å². The molecule has 1 spiro atoms. The normalized spacial score (nSPS) is 22.3. The quantitative estimate of drug-likeness (QED) is 0.514. The summed E-state index contributed by atoms with van der Waals surface area (Å²) >= 11 is 0. The van der Waals surface area contributed by atoms with Gasteiger partial charge < -0.3 is 15.3 Å². The number of carbonyl (C=O) groups is 3. The summed E-state index contributed by atoms with van der Waals surface area (Å²) < 4.78 is 0. The van der Waals surface area contributed by atoms with Gasteiger partial charge in [-0.2, -0.15) is 0 Å². The van der Waals surface area contributed by atoms with Crippen molar-refractivity contribution in [1.82, 2.24) is 10.2 Å². The molecule has 2 aliphatic rings. The molecule has 1 saturated heterocycles. The van der Waals surface area contributed by atoms with Gasteiger partial charge in [-0.05, 0) is 37.0 Å². The largest absolute Gasteiger partial charge is 0.465 e. The van der Waals surface area contributed by atoms with Gasteiger partial charge in [0.2, 0.25) is 5.91 Å². The van der Waals surface area contributed by atoms with Crippen LogP contribution in [-0.4, -0.2) is 46.4 Å². The molecule has 160 valence electrons. The molecule has 28 heavy (non-hydrogen) atoms. The van der Waals surface area contributed by atoms with Crippen LogP contribution < -0.4 is 5.32 Å². The first kappa shape index (κ1) is 22.7. The van der Waals surface area contributed by atoms with Gasteiger partial charge in [0.05, 0.1) is 6.04 Å². The Balaban J connectivity index is 2.06. The summed E-state index contributed by atoms with van der Waals surface area (Å²) in [6.07, 6.45) is 7.80. The van der Waals surface area contributed by atoms with Gasteiger partial charge in [-0.3, -0.25) is 9.59 Å². The molecule has 0 aromatic carbocycles. The number of Topliss-reactive ketones (excluding diaryl/α,β-unsaturated/α-hetero) is 1. The van der Waals surface area contributed by atoms with E-state index in [9.17, 15) is 19.5 Å². The first-order valence-electron chi connectivity index (χ1n) is 11.1. The molecule has 6 nitrogen and oxygen atoms in total. The summed E-state index contributed by atoms with van der Waals surface area (Å²) in [4.78, 5) is 39.2. The molecule has 2 amide bonds. The molecule has 2 unspecified atom stereocenters. The predicted octanol–water partition coefficient (Wildman–Crippen LogP) is 4.23. The fourth-order valence-corrected chi connectivity index (χ4v) is 4.64. The van der Waals surface area contributed by atoms with Crippen LogP contribution in [-0.2, 0) is 9.59 Å². The van der Waals surface area contributed by atoms with Crippen LogP contribution in [0.15, 0.2) is 0 Å². The fourth-order valence-electron chi connectivity index (χ4n) is 4.64. The second-order valence-corrected chi connectivity index (χ2v) is 9.30. The lowest BCUT2D eigenvalue weighted by molar-refractivity contribution is -0.141. The summed E-state index contributed by atoms with van der Waals surface area (Å²) in [7, 11) is 0. The average molecular weight is 395 g/mol. The molecule has 1 aliphatic heterocycles. The monoisotopic (exact) mass is 394 g/mol. The van der Waals surface area contributed by atoms with Gasteiger partial charge >= 0.3 is 6.09 Å². The van der Waals surface area contributed by atoms with Crippen LogP contribution >= 0.6 is 0 Å². The Morgan fingerprint density at radius 2 is 1.79 bits per heavy atom. The number of hydrogen-bond acceptors (Lipinski definition) is 3. The number of amides is 2. The lowest BCUT2D eigenvalue weighted by atomic mass is 9.88. The molecule has 2 fully saturated rings. The van der Waals surface area contributed by atoms with E-state index in [0.717, 1.165) is 32.1 Å². The maximum atomic E-state index is 13.3. The number of unbranched alkanes of at least 4 members (excludes halogenated alkanes) is 3. The van der Waals surface area contributed by atoms with Crippen LogP contribution in [0.3, 0.4) is 0 Å². The third kappa shape index (κ3) is 5.48. The highest BCUT2D eigenvalue weighted by atomic mass is 16.4. The van der Waals surface area contributed by atoms with Gasteiger partial charge in [0.25, 0.3) is 0 Å². The number of hydrogen-bond donors (Lipinski definition) is 2. The highest BCUT2D eigenvalue weighted by Crippen LogP contribution is 2.57. The summed E-state index contributed by atoms with van der Waals surface area (Å²) in [6, 6.07) is -1.15. The summed E-state index contributed by atoms with van der Waals surface area (Å²) in [5, 5.41) is 11.7. The smallest absolute Gasteiger partial charge is 0.405 e. The van der Waals surface area contributed by atoms with Crippen LogP contribution in [0, 0.1) is 17.3 Å². The standard InChI is InChI=1S/C22H38N2O4/c1-5-6-7-8-9-16(4)14-17(23-21(27)28)20(26)24-13-12-22(10-11-22)19(24)18(25)15(2)3/h15-17,19,23H,5-14H2,1-4H3,(H,27,28)/t16?,17?,19-/m1/s1. The molecule has 1 heterocycles. The molecule has 0 bridgehead atoms. The van der Waals surface area contributed by atoms with Crippen LogP contribution in [0.4, 0.5) is 4.79 Å². The highest BCUT2D eigenvalue weighted by molar-refractivity contribution is 5.94. The van der Waals surface area contributed by atoms with Gasteiger partial charge in [-0.15, -0.1) is 0 Å². The Morgan fingerprint density at radius 1 is 1.11 bits per heavy atom. The molecule has 0 aromatic rings. The molecular weight excluding hydrogens is 356 g/mol. The topological polar surface area (TPSA) is 86.7 Å². The van der Waals surface area contributed by atoms with E-state index in [0.29, 0.717) is 13.0 Å². The van der Waals surface area contributed by atoms with Crippen LogP contribution in [0.1, 0.15) is 85.5 Å². The molecule has 0 radical (unpaired) electrons. The molecule has 0 aromatic heterocycles. The van der Waals surface area contributed by atoms with Gasteiger partial charge in [0.15, 0.2) is 5.78 Å². The number of nitrogens with zero attached hydrogens (tertiary/aromatic N) is 1. The van der Waals surface area contributed by atoms with E-state index in [2.05, 4.69) is 19.2 Å². The minimum atomic E-state index is -1.18. The van der Waals surface area contributed by atoms with Crippen LogP contribution in [0.25, 0.3) is 0 Å². The Kier molecular flexibility index (Phi) is 7.90. The molecular formula is C22H38N2O4. The van der Waals surface area contributed by atoms with Crippen molar-refractivity contribution in [2.24, 2.45) is 17.3 Å². The van der Waals surface area contributed by atoms with Crippen molar-refractivity contribution < 1.29 is 19.5 Å². The number of nitrogens with one attached hydrogen (secondary N) is 1. The minimum Gasteiger partial charge on any atom is -0.465 e. The summed E-state index contributed by atoms with van der Waals surface area (Å²) in [5.41, 5.74) is -0.0451. The third-order valence-corrected chi connectivity index (χ3v) is 6.54. The molecule has 1 aliphatic carbocycles. The fraction of sp³-hybridized carbons (Fsp3) is 0.864. The predicted molar refractivity (Wildman–Crippen MR) is 109 cm³/mol. The lowest BCUT2D eigenvalue weighted by Gasteiger charge is -2.32. The zero-order valence-corrected chi connectivity index (χ0v) is 18.0. The van der Waals surface area contributed by atoms with Crippen molar-refractivity contribution in [2.75, 3.05) is 6.54 Å². The van der Waals surface area contributed by atoms with Gasteiger partial charge in [-0.25, -0.2) is 4.79 Å². The minimum absolute atomic E-state index is 0.0451. The Morgan fingerprint density at radius 3 is 2.32 bits per heavy atom. The van der Waals surface area contributed by atoms with Gasteiger partial charge in [0, 0.05) is 12.5 Å². The van der Waals surface area contributed by atoms with Crippen molar-refractivity contribution in [2.45, 2.75) is 97.6 Å². The van der Waals surface area contributed by atoms with Crippen LogP contribution in [0.2, 0.25) is 0 Å². The number of carboxylic acid groups (broad SMARTS) is 1. The molecule has 2 rings (SSSR count). The second-order valence-electron chi connectivity index (χ2n) is 9.30. The van der Waals surface area contributed by atoms with Crippen molar-refractivity contribution in [3.8, 4) is 0 Å². The number of likely N-dealkylation sites (tertiary alicyclic amines) is 1. The van der Waals surface area contributed by atoms with E-state index < -0.39 is 12.1 Å². The van der Waals surface area contributed by atoms with Crippen molar-refractivity contribution in [1.29, 1.82) is 0 Å². The molecule has 2 N–H and O–H groups in total. The van der Waals surface area contributed by atoms with Crippen LogP contribution in [0.5, 0.6) is 0 Å². The molecule has 3 atom stereocenters. The first-order chi connectivity index (χ1) is 13.2. The maximum Gasteiger partial charge on any atom is 0.405 e. The van der Waals surface area contributed by atoms with E-state index >= 15 is 0 Å². The van der Waals surface area contributed by atoms with Crippen molar-refractivity contribution in [3.63, 3.8) is 0 Å². The SMILES string of the molecule is CCCCCCC(C)CC(NC(=O)O)C(=O)N1CCC2(CC2)[C@H]1C(=O)C(C)C. The van der Waals surface area contributed by atoms with E-state index in [-0.39, 0.29) is 35.0 Å². The maximum absolute atomic E-state index is 13.3. The zero-order chi connectivity index (χ0) is 20.9. The second kappa shape index (κ2) is 9.75. The average Bonchev–Trinajstić information content (AvgIpc) is 3.30. The van der Waals surface area contributed by atoms with Gasteiger partial charge in [0.1, 0.15) is 6.04 Å². The number of rotatable bonds is 11.